The minimum absolute atomic E-state index is 0.114. The Balaban J connectivity index is 1.17. The summed E-state index contributed by atoms with van der Waals surface area (Å²) in [6, 6.07) is 19.5. The second-order valence-corrected chi connectivity index (χ2v) is 8.60. The normalized spacial score (nSPS) is 15.9. The third-order valence-electron chi connectivity index (χ3n) is 6.22. The molecule has 0 amide bonds. The summed E-state index contributed by atoms with van der Waals surface area (Å²) in [6.45, 7) is 5.52. The SMILES string of the molecule is CN=C(NCCCn1ccc2ccccc21)NCc1ccc(CN2CCC(O)CC2)cc1. The predicted molar refractivity (Wildman–Crippen MR) is 132 cm³/mol. The molecular formula is C26H35N5O. The van der Waals surface area contributed by atoms with E-state index in [1.807, 2.05) is 7.05 Å². The molecule has 6 nitrogen and oxygen atoms in total. The molecule has 0 bridgehead atoms. The summed E-state index contributed by atoms with van der Waals surface area (Å²) in [5.74, 6) is 0.832. The lowest BCUT2D eigenvalue weighted by molar-refractivity contribution is 0.0792. The number of aliphatic hydroxyl groups is 1. The molecule has 4 rings (SSSR count). The van der Waals surface area contributed by atoms with E-state index >= 15 is 0 Å². The molecule has 2 heterocycles. The summed E-state index contributed by atoms with van der Waals surface area (Å²) in [5.41, 5.74) is 3.85. The van der Waals surface area contributed by atoms with Crippen molar-refractivity contribution in [3.8, 4) is 0 Å². The van der Waals surface area contributed by atoms with Crippen molar-refractivity contribution in [1.82, 2.24) is 20.1 Å². The Labute approximate surface area is 191 Å². The van der Waals surface area contributed by atoms with Crippen LogP contribution >= 0.6 is 0 Å². The Morgan fingerprint density at radius 1 is 1.00 bits per heavy atom. The first kappa shape index (κ1) is 22.4. The van der Waals surface area contributed by atoms with Crippen molar-refractivity contribution in [3.63, 3.8) is 0 Å². The highest BCUT2D eigenvalue weighted by Crippen LogP contribution is 2.16. The fourth-order valence-electron chi connectivity index (χ4n) is 4.30. The fourth-order valence-corrected chi connectivity index (χ4v) is 4.30. The van der Waals surface area contributed by atoms with E-state index in [0.29, 0.717) is 0 Å². The van der Waals surface area contributed by atoms with E-state index in [-0.39, 0.29) is 6.10 Å². The number of likely N-dealkylation sites (tertiary alicyclic amines) is 1. The Hall–Kier alpha value is -2.83. The second kappa shape index (κ2) is 11.2. The van der Waals surface area contributed by atoms with Gasteiger partial charge in [-0.05, 0) is 47.9 Å². The lowest BCUT2D eigenvalue weighted by Crippen LogP contribution is -2.37. The molecule has 0 atom stereocenters. The van der Waals surface area contributed by atoms with Gasteiger partial charge in [-0.15, -0.1) is 0 Å². The number of hydrogen-bond donors (Lipinski definition) is 3. The van der Waals surface area contributed by atoms with Crippen molar-refractivity contribution in [2.24, 2.45) is 4.99 Å². The van der Waals surface area contributed by atoms with Crippen LogP contribution in [0, 0.1) is 0 Å². The fraction of sp³-hybridized carbons (Fsp3) is 0.423. The van der Waals surface area contributed by atoms with E-state index in [1.54, 1.807) is 0 Å². The van der Waals surface area contributed by atoms with Gasteiger partial charge in [-0.1, -0.05) is 42.5 Å². The molecule has 2 aromatic carbocycles. The van der Waals surface area contributed by atoms with Gasteiger partial charge in [-0.3, -0.25) is 9.89 Å². The molecule has 0 aliphatic carbocycles. The van der Waals surface area contributed by atoms with Crippen LogP contribution in [0.3, 0.4) is 0 Å². The molecule has 32 heavy (non-hydrogen) atoms. The number of rotatable bonds is 8. The van der Waals surface area contributed by atoms with Crippen LogP contribution in [0.4, 0.5) is 0 Å². The number of guanidine groups is 1. The number of aliphatic hydroxyl groups excluding tert-OH is 1. The van der Waals surface area contributed by atoms with Crippen LogP contribution < -0.4 is 10.6 Å². The molecule has 6 heteroatoms. The molecule has 0 spiro atoms. The van der Waals surface area contributed by atoms with Gasteiger partial charge in [0.05, 0.1) is 6.10 Å². The summed E-state index contributed by atoms with van der Waals surface area (Å²) >= 11 is 0. The van der Waals surface area contributed by atoms with E-state index in [2.05, 4.69) is 85.9 Å². The third-order valence-corrected chi connectivity index (χ3v) is 6.22. The average molecular weight is 434 g/mol. The van der Waals surface area contributed by atoms with Gasteiger partial charge in [-0.2, -0.15) is 0 Å². The smallest absolute Gasteiger partial charge is 0.191 e. The largest absolute Gasteiger partial charge is 0.393 e. The number of piperidine rings is 1. The molecule has 0 saturated carbocycles. The lowest BCUT2D eigenvalue weighted by Gasteiger charge is -2.29. The monoisotopic (exact) mass is 433 g/mol. The lowest BCUT2D eigenvalue weighted by atomic mass is 10.1. The number of fused-ring (bicyclic) bond motifs is 1. The number of aryl methyl sites for hydroxylation is 1. The predicted octanol–water partition coefficient (Wildman–Crippen LogP) is 3.35. The number of nitrogens with one attached hydrogen (secondary N) is 2. The average Bonchev–Trinajstić information content (AvgIpc) is 3.24. The summed E-state index contributed by atoms with van der Waals surface area (Å²) in [6.07, 6.45) is 4.85. The van der Waals surface area contributed by atoms with Gasteiger partial charge in [0.1, 0.15) is 0 Å². The molecule has 1 aliphatic rings. The maximum Gasteiger partial charge on any atom is 0.191 e. The van der Waals surface area contributed by atoms with E-state index in [4.69, 9.17) is 0 Å². The first-order chi connectivity index (χ1) is 15.7. The summed E-state index contributed by atoms with van der Waals surface area (Å²) in [7, 11) is 1.81. The van der Waals surface area contributed by atoms with E-state index in [1.165, 1.54) is 22.0 Å². The highest BCUT2D eigenvalue weighted by molar-refractivity contribution is 5.80. The Kier molecular flexibility index (Phi) is 7.80. The Bertz CT molecular complexity index is 1000. The van der Waals surface area contributed by atoms with Gasteiger partial charge >= 0.3 is 0 Å². The minimum Gasteiger partial charge on any atom is -0.393 e. The molecule has 3 N–H and O–H groups in total. The maximum absolute atomic E-state index is 9.65. The first-order valence-corrected chi connectivity index (χ1v) is 11.7. The number of benzene rings is 2. The van der Waals surface area contributed by atoms with Crippen LogP contribution in [0.2, 0.25) is 0 Å². The second-order valence-electron chi connectivity index (χ2n) is 8.60. The number of para-hydroxylation sites is 1. The molecule has 1 fully saturated rings. The van der Waals surface area contributed by atoms with Crippen LogP contribution in [0.5, 0.6) is 0 Å². The zero-order valence-corrected chi connectivity index (χ0v) is 19.0. The van der Waals surface area contributed by atoms with Gasteiger partial charge in [-0.25, -0.2) is 0 Å². The zero-order chi connectivity index (χ0) is 22.2. The Morgan fingerprint density at radius 2 is 1.75 bits per heavy atom. The molecular weight excluding hydrogens is 398 g/mol. The summed E-state index contributed by atoms with van der Waals surface area (Å²) < 4.78 is 2.31. The van der Waals surface area contributed by atoms with Crippen molar-refractivity contribution in [3.05, 3.63) is 71.9 Å². The standard InChI is InChI=1S/C26H35N5O/c1-27-26(28-14-4-15-31-18-11-23-5-2-3-6-25(23)31)29-19-21-7-9-22(10-8-21)20-30-16-12-24(32)13-17-30/h2-3,5-11,18,24,32H,4,12-17,19-20H2,1H3,(H2,27,28,29). The van der Waals surface area contributed by atoms with Gasteiger partial charge in [0.25, 0.3) is 0 Å². The molecule has 1 aliphatic heterocycles. The molecule has 0 radical (unpaired) electrons. The van der Waals surface area contributed by atoms with Crippen LogP contribution in [0.15, 0.2) is 65.8 Å². The number of aromatic nitrogens is 1. The van der Waals surface area contributed by atoms with E-state index < -0.39 is 0 Å². The van der Waals surface area contributed by atoms with Gasteiger partial charge in [0.2, 0.25) is 0 Å². The van der Waals surface area contributed by atoms with Gasteiger partial charge in [0.15, 0.2) is 5.96 Å². The topological polar surface area (TPSA) is 64.8 Å². The van der Waals surface area contributed by atoms with Crippen molar-refractivity contribution in [2.75, 3.05) is 26.7 Å². The number of hydrogen-bond acceptors (Lipinski definition) is 3. The third kappa shape index (κ3) is 6.11. The highest BCUT2D eigenvalue weighted by atomic mass is 16.3. The van der Waals surface area contributed by atoms with Crippen LogP contribution in [-0.4, -0.2) is 53.3 Å². The number of nitrogens with zero attached hydrogens (tertiary/aromatic N) is 3. The van der Waals surface area contributed by atoms with E-state index in [0.717, 1.165) is 64.5 Å². The zero-order valence-electron chi connectivity index (χ0n) is 19.0. The van der Waals surface area contributed by atoms with Crippen molar-refractivity contribution < 1.29 is 5.11 Å². The van der Waals surface area contributed by atoms with Crippen molar-refractivity contribution in [1.29, 1.82) is 0 Å². The molecule has 1 aromatic heterocycles. The van der Waals surface area contributed by atoms with Crippen molar-refractivity contribution in [2.45, 2.75) is 45.0 Å². The molecule has 0 unspecified atom stereocenters. The first-order valence-electron chi connectivity index (χ1n) is 11.7. The number of aliphatic imine (C=N–C) groups is 1. The summed E-state index contributed by atoms with van der Waals surface area (Å²) in [5, 5.41) is 17.8. The molecule has 170 valence electrons. The van der Waals surface area contributed by atoms with E-state index in [9.17, 15) is 5.11 Å². The minimum atomic E-state index is -0.114. The maximum atomic E-state index is 9.65. The molecule has 1 saturated heterocycles. The van der Waals surface area contributed by atoms with Gasteiger partial charge in [0, 0.05) is 58.0 Å². The van der Waals surface area contributed by atoms with Crippen molar-refractivity contribution >= 4 is 16.9 Å². The molecule has 3 aromatic rings. The van der Waals surface area contributed by atoms with Gasteiger partial charge < -0.3 is 20.3 Å². The quantitative estimate of drug-likeness (QED) is 0.290. The van der Waals surface area contributed by atoms with Crippen LogP contribution in [0.25, 0.3) is 10.9 Å². The summed E-state index contributed by atoms with van der Waals surface area (Å²) in [4.78, 5) is 6.77. The van der Waals surface area contributed by atoms with Crippen LogP contribution in [-0.2, 0) is 19.6 Å². The Morgan fingerprint density at radius 3 is 2.53 bits per heavy atom. The van der Waals surface area contributed by atoms with Crippen LogP contribution in [0.1, 0.15) is 30.4 Å². The highest BCUT2D eigenvalue weighted by Gasteiger charge is 2.16.